The molecule has 0 spiro atoms. The standard InChI is InChI=1S/C14H12F4N2O/c1-7-4-9(21)5-11(20-7)12-10(14(16,17)18)3-2-8(6-19)13(12)15/h2-4H,5-6,19H2,1H3. The van der Waals surface area contributed by atoms with Gasteiger partial charge in [0.15, 0.2) is 5.78 Å². The number of benzene rings is 1. The first kappa shape index (κ1) is 15.4. The summed E-state index contributed by atoms with van der Waals surface area (Å²) in [4.78, 5) is 15.4. The van der Waals surface area contributed by atoms with Crippen molar-refractivity contribution in [3.8, 4) is 0 Å². The molecule has 0 amide bonds. The van der Waals surface area contributed by atoms with E-state index in [1.54, 1.807) is 0 Å². The zero-order valence-corrected chi connectivity index (χ0v) is 11.1. The molecule has 0 saturated carbocycles. The summed E-state index contributed by atoms with van der Waals surface area (Å²) in [6.07, 6.45) is -3.91. The van der Waals surface area contributed by atoms with Crippen molar-refractivity contribution in [2.24, 2.45) is 10.7 Å². The van der Waals surface area contributed by atoms with Crippen molar-refractivity contribution in [3.05, 3.63) is 46.4 Å². The predicted molar refractivity (Wildman–Crippen MR) is 69.2 cm³/mol. The van der Waals surface area contributed by atoms with Crippen LogP contribution in [0.5, 0.6) is 0 Å². The Morgan fingerprint density at radius 3 is 2.52 bits per heavy atom. The Labute approximate surface area is 118 Å². The van der Waals surface area contributed by atoms with Gasteiger partial charge in [0.1, 0.15) is 5.82 Å². The van der Waals surface area contributed by atoms with E-state index in [1.807, 2.05) is 0 Å². The maximum atomic E-state index is 14.3. The molecule has 1 aromatic rings. The van der Waals surface area contributed by atoms with E-state index in [4.69, 9.17) is 5.73 Å². The molecular formula is C14H12F4N2O. The third kappa shape index (κ3) is 3.02. The summed E-state index contributed by atoms with van der Waals surface area (Å²) in [5, 5.41) is 0. The topological polar surface area (TPSA) is 55.5 Å². The number of allylic oxidation sites excluding steroid dienone is 2. The summed E-state index contributed by atoms with van der Waals surface area (Å²) in [6, 6.07) is 1.76. The summed E-state index contributed by atoms with van der Waals surface area (Å²) in [5.74, 6) is -1.49. The van der Waals surface area contributed by atoms with Crippen molar-refractivity contribution in [2.75, 3.05) is 0 Å². The molecule has 0 aliphatic carbocycles. The number of halogens is 4. The van der Waals surface area contributed by atoms with Crippen LogP contribution in [0, 0.1) is 5.82 Å². The van der Waals surface area contributed by atoms with E-state index in [2.05, 4.69) is 4.99 Å². The first-order valence-electron chi connectivity index (χ1n) is 6.11. The third-order valence-electron chi connectivity index (χ3n) is 3.06. The highest BCUT2D eigenvalue weighted by molar-refractivity contribution is 6.16. The number of ketones is 1. The first-order valence-corrected chi connectivity index (χ1v) is 6.11. The van der Waals surface area contributed by atoms with Gasteiger partial charge in [0, 0.05) is 29.4 Å². The van der Waals surface area contributed by atoms with Crippen LogP contribution in [-0.4, -0.2) is 11.5 Å². The lowest BCUT2D eigenvalue weighted by molar-refractivity contribution is -0.138. The molecule has 0 bridgehead atoms. The lowest BCUT2D eigenvalue weighted by atomic mass is 9.94. The van der Waals surface area contributed by atoms with Gasteiger partial charge in [-0.2, -0.15) is 13.2 Å². The van der Waals surface area contributed by atoms with Gasteiger partial charge in [-0.25, -0.2) is 4.39 Å². The number of carbonyl (C=O) groups excluding carboxylic acids is 1. The maximum Gasteiger partial charge on any atom is 0.417 e. The summed E-state index contributed by atoms with van der Waals surface area (Å²) in [7, 11) is 0. The van der Waals surface area contributed by atoms with Crippen LogP contribution in [0.1, 0.15) is 30.0 Å². The Morgan fingerprint density at radius 2 is 2.00 bits per heavy atom. The van der Waals surface area contributed by atoms with Gasteiger partial charge in [0.25, 0.3) is 0 Å². The van der Waals surface area contributed by atoms with Crippen LogP contribution in [0.25, 0.3) is 0 Å². The third-order valence-corrected chi connectivity index (χ3v) is 3.06. The van der Waals surface area contributed by atoms with E-state index in [1.165, 1.54) is 13.0 Å². The summed E-state index contributed by atoms with van der Waals surface area (Å²) in [5.41, 5.74) is 3.45. The van der Waals surface area contributed by atoms with Gasteiger partial charge in [-0.3, -0.25) is 9.79 Å². The number of hydrogen-bond donors (Lipinski definition) is 1. The van der Waals surface area contributed by atoms with Gasteiger partial charge in [0.05, 0.1) is 17.7 Å². The van der Waals surface area contributed by atoms with Crippen LogP contribution in [0.2, 0.25) is 0 Å². The van der Waals surface area contributed by atoms with Crippen LogP contribution < -0.4 is 5.73 Å². The highest BCUT2D eigenvalue weighted by Crippen LogP contribution is 2.35. The van der Waals surface area contributed by atoms with Crippen molar-refractivity contribution < 1.29 is 22.4 Å². The summed E-state index contributed by atoms with van der Waals surface area (Å²) < 4.78 is 53.5. The number of nitrogens with two attached hydrogens (primary N) is 1. The van der Waals surface area contributed by atoms with Crippen LogP contribution in [0.4, 0.5) is 17.6 Å². The van der Waals surface area contributed by atoms with Gasteiger partial charge in [-0.15, -0.1) is 0 Å². The Bertz CT molecular complexity index is 660. The van der Waals surface area contributed by atoms with Crippen LogP contribution >= 0.6 is 0 Å². The molecule has 1 heterocycles. The second kappa shape index (κ2) is 5.40. The smallest absolute Gasteiger partial charge is 0.326 e. The molecule has 0 aromatic heterocycles. The van der Waals surface area contributed by atoms with Crippen LogP contribution in [-0.2, 0) is 17.5 Å². The highest BCUT2D eigenvalue weighted by Gasteiger charge is 2.37. The monoisotopic (exact) mass is 300 g/mol. The number of aliphatic imine (C=N–C) groups is 1. The summed E-state index contributed by atoms with van der Waals surface area (Å²) >= 11 is 0. The maximum absolute atomic E-state index is 14.3. The SMILES string of the molecule is CC1=CC(=O)CC(c2c(C(F)(F)F)ccc(CN)c2F)=N1. The molecule has 21 heavy (non-hydrogen) atoms. The van der Waals surface area contributed by atoms with E-state index in [0.717, 1.165) is 12.1 Å². The van der Waals surface area contributed by atoms with E-state index in [0.29, 0.717) is 0 Å². The lowest BCUT2D eigenvalue weighted by Crippen LogP contribution is -2.21. The Hall–Kier alpha value is -2.02. The molecule has 1 aliphatic heterocycles. The normalized spacial score (nSPS) is 15.8. The van der Waals surface area contributed by atoms with Crippen molar-refractivity contribution >= 4 is 11.5 Å². The Balaban J connectivity index is 2.71. The molecule has 3 nitrogen and oxygen atoms in total. The largest absolute Gasteiger partial charge is 0.417 e. The van der Waals surface area contributed by atoms with Gasteiger partial charge < -0.3 is 5.73 Å². The van der Waals surface area contributed by atoms with Gasteiger partial charge >= 0.3 is 6.18 Å². The Kier molecular flexibility index (Phi) is 3.95. The molecule has 1 aliphatic rings. The molecule has 2 N–H and O–H groups in total. The van der Waals surface area contributed by atoms with E-state index >= 15 is 0 Å². The van der Waals surface area contributed by atoms with Crippen LogP contribution in [0.15, 0.2) is 28.9 Å². The number of alkyl halides is 3. The Morgan fingerprint density at radius 1 is 1.33 bits per heavy atom. The van der Waals surface area contributed by atoms with E-state index in [9.17, 15) is 22.4 Å². The fraction of sp³-hybridized carbons (Fsp3) is 0.286. The van der Waals surface area contributed by atoms with Gasteiger partial charge in [-0.1, -0.05) is 6.07 Å². The lowest BCUT2D eigenvalue weighted by Gasteiger charge is -2.18. The number of rotatable bonds is 2. The molecule has 1 aromatic carbocycles. The van der Waals surface area contributed by atoms with Crippen molar-refractivity contribution in [3.63, 3.8) is 0 Å². The molecule has 7 heteroatoms. The first-order chi connectivity index (χ1) is 9.74. The van der Waals surface area contributed by atoms with Crippen molar-refractivity contribution in [2.45, 2.75) is 26.1 Å². The molecular weight excluding hydrogens is 288 g/mol. The fourth-order valence-corrected chi connectivity index (χ4v) is 2.17. The fourth-order valence-electron chi connectivity index (χ4n) is 2.17. The molecule has 112 valence electrons. The minimum Gasteiger partial charge on any atom is -0.326 e. The number of hydrogen-bond acceptors (Lipinski definition) is 3. The molecule has 0 radical (unpaired) electrons. The van der Waals surface area contributed by atoms with Crippen molar-refractivity contribution in [1.29, 1.82) is 0 Å². The zero-order chi connectivity index (χ0) is 15.8. The second-order valence-corrected chi connectivity index (χ2v) is 4.65. The average Bonchev–Trinajstić information content (AvgIpc) is 2.35. The summed E-state index contributed by atoms with van der Waals surface area (Å²) in [6.45, 7) is 1.22. The second-order valence-electron chi connectivity index (χ2n) is 4.65. The predicted octanol–water partition coefficient (Wildman–Crippen LogP) is 2.97. The van der Waals surface area contributed by atoms with Crippen LogP contribution in [0.3, 0.4) is 0 Å². The van der Waals surface area contributed by atoms with Crippen molar-refractivity contribution in [1.82, 2.24) is 0 Å². The van der Waals surface area contributed by atoms with Gasteiger partial charge in [0.2, 0.25) is 0 Å². The molecule has 0 atom stereocenters. The number of carbonyl (C=O) groups is 1. The minimum absolute atomic E-state index is 0.0552. The highest BCUT2D eigenvalue weighted by atomic mass is 19.4. The molecule has 0 fully saturated rings. The van der Waals surface area contributed by atoms with Gasteiger partial charge in [-0.05, 0) is 13.0 Å². The molecule has 0 unspecified atom stereocenters. The van der Waals surface area contributed by atoms with E-state index in [-0.39, 0.29) is 29.9 Å². The average molecular weight is 300 g/mol. The molecule has 2 rings (SSSR count). The minimum atomic E-state index is -4.75. The quantitative estimate of drug-likeness (QED) is 0.854. The molecule has 0 saturated heterocycles. The van der Waals surface area contributed by atoms with E-state index < -0.39 is 28.9 Å². The zero-order valence-electron chi connectivity index (χ0n) is 11.1. The number of nitrogens with zero attached hydrogens (tertiary/aromatic N) is 1.